The van der Waals surface area contributed by atoms with Gasteiger partial charge in [0.05, 0.1) is 12.5 Å². The van der Waals surface area contributed by atoms with Gasteiger partial charge in [0.25, 0.3) is 0 Å². The topological polar surface area (TPSA) is 43.4 Å². The van der Waals surface area contributed by atoms with Crippen molar-refractivity contribution < 1.29 is 14.3 Å². The molecule has 5 fully saturated rings. The van der Waals surface area contributed by atoms with E-state index in [1.807, 2.05) is 6.07 Å². The molecule has 0 bridgehead atoms. The molecule has 0 spiro atoms. The third-order valence-corrected chi connectivity index (χ3v) is 14.4. The molecule has 0 aromatic heterocycles. The van der Waals surface area contributed by atoms with Crippen molar-refractivity contribution in [1.29, 1.82) is 0 Å². The molecule has 0 N–H and O–H groups in total. The van der Waals surface area contributed by atoms with E-state index in [0.717, 1.165) is 49.7 Å². The van der Waals surface area contributed by atoms with Crippen LogP contribution in [0.5, 0.6) is 0 Å². The van der Waals surface area contributed by atoms with Gasteiger partial charge in [-0.3, -0.25) is 9.59 Å². The summed E-state index contributed by atoms with van der Waals surface area (Å²) in [6.45, 7) is 18.9. The van der Waals surface area contributed by atoms with Crippen molar-refractivity contribution in [2.75, 3.05) is 7.11 Å². The molecular formula is C38H52O3. The molecule has 41 heavy (non-hydrogen) atoms. The van der Waals surface area contributed by atoms with Crippen molar-refractivity contribution in [1.82, 2.24) is 0 Å². The standard InChI is InChI=1S/C38H52O3/c1-24(2)27-16-19-38(33(40)41-8)21-20-36(6)28(31(27)38)14-15-30-35(5)23-26(22-25-12-10-9-11-13-25)32(39)34(3,4)29(35)17-18-37(30,36)7/h9-13,22,27-31H,1,14-21,23H2,2-8H3/b26-22+/t27-,28+,29+,30+,31-,35-,36+,37+,38-/m0/s1. The van der Waals surface area contributed by atoms with Gasteiger partial charge in [0.1, 0.15) is 0 Å². The Morgan fingerprint density at radius 1 is 0.902 bits per heavy atom. The maximum absolute atomic E-state index is 14.0. The fourth-order valence-electron chi connectivity index (χ4n) is 12.4. The van der Waals surface area contributed by atoms with Crippen LogP contribution in [0.2, 0.25) is 0 Å². The smallest absolute Gasteiger partial charge is 0.312 e. The van der Waals surface area contributed by atoms with E-state index in [4.69, 9.17) is 4.74 Å². The summed E-state index contributed by atoms with van der Waals surface area (Å²) in [6.07, 6.45) is 11.7. The molecule has 6 rings (SSSR count). The lowest BCUT2D eigenvalue weighted by molar-refractivity contribution is -0.232. The minimum Gasteiger partial charge on any atom is -0.469 e. The van der Waals surface area contributed by atoms with Crippen LogP contribution in [-0.4, -0.2) is 18.9 Å². The molecule has 0 radical (unpaired) electrons. The second kappa shape index (κ2) is 9.42. The molecule has 5 saturated carbocycles. The Balaban J connectivity index is 1.42. The maximum Gasteiger partial charge on any atom is 0.312 e. The molecule has 222 valence electrons. The summed E-state index contributed by atoms with van der Waals surface area (Å²) in [7, 11) is 1.59. The number of ketones is 1. The first kappa shape index (κ1) is 28.9. The number of carbonyl (C=O) groups is 2. The van der Waals surface area contributed by atoms with Crippen LogP contribution in [0.4, 0.5) is 0 Å². The number of hydrogen-bond acceptors (Lipinski definition) is 3. The van der Waals surface area contributed by atoms with E-state index < -0.39 is 0 Å². The normalized spacial score (nSPS) is 45.7. The first-order valence-corrected chi connectivity index (χ1v) is 16.3. The number of Topliss-reactive ketones (excluding diaryl/α,β-unsaturated/α-hetero) is 1. The van der Waals surface area contributed by atoms with Gasteiger partial charge in [0, 0.05) is 5.41 Å². The average molecular weight is 557 g/mol. The van der Waals surface area contributed by atoms with Crippen molar-refractivity contribution in [3.8, 4) is 0 Å². The molecule has 0 amide bonds. The Bertz CT molecular complexity index is 1290. The van der Waals surface area contributed by atoms with E-state index in [-0.39, 0.29) is 33.0 Å². The van der Waals surface area contributed by atoms with Gasteiger partial charge in [-0.1, -0.05) is 77.1 Å². The third-order valence-electron chi connectivity index (χ3n) is 14.4. The number of hydrogen-bond donors (Lipinski definition) is 0. The SMILES string of the molecule is C=C(C)[C@@H]1CC[C@]2(C(=O)OC)CC[C@]3(C)[C@H](CC[C@@H]4[C@@]5(C)C/C(=C\c6ccccc6)C(=O)C(C)(C)[C@H]5CC[C@]43C)[C@H]12. The van der Waals surface area contributed by atoms with Gasteiger partial charge >= 0.3 is 5.97 Å². The van der Waals surface area contributed by atoms with E-state index in [1.165, 1.54) is 24.8 Å². The number of fused-ring (bicyclic) bond motifs is 7. The number of ether oxygens (including phenoxy) is 1. The summed E-state index contributed by atoms with van der Waals surface area (Å²) >= 11 is 0. The summed E-state index contributed by atoms with van der Waals surface area (Å²) < 4.78 is 5.54. The van der Waals surface area contributed by atoms with Gasteiger partial charge < -0.3 is 4.74 Å². The maximum atomic E-state index is 14.0. The van der Waals surface area contributed by atoms with E-state index in [1.54, 1.807) is 7.11 Å². The molecule has 0 saturated heterocycles. The predicted molar refractivity (Wildman–Crippen MR) is 166 cm³/mol. The Hall–Kier alpha value is -2.16. The molecule has 0 unspecified atom stereocenters. The fraction of sp³-hybridized carbons (Fsp3) is 0.684. The minimum atomic E-state index is -0.365. The molecule has 3 heteroatoms. The zero-order valence-electron chi connectivity index (χ0n) is 26.6. The second-order valence-corrected chi connectivity index (χ2v) is 16.1. The van der Waals surface area contributed by atoms with Crippen molar-refractivity contribution in [3.05, 3.63) is 53.6 Å². The Morgan fingerprint density at radius 2 is 1.61 bits per heavy atom. The molecule has 0 aliphatic heterocycles. The van der Waals surface area contributed by atoms with Crippen LogP contribution in [0.25, 0.3) is 6.08 Å². The van der Waals surface area contributed by atoms with E-state index in [9.17, 15) is 9.59 Å². The third kappa shape index (κ3) is 3.75. The van der Waals surface area contributed by atoms with Crippen LogP contribution in [0.15, 0.2) is 48.1 Å². The van der Waals surface area contributed by atoms with Crippen molar-refractivity contribution >= 4 is 17.8 Å². The summed E-state index contributed by atoms with van der Waals surface area (Å²) in [5.41, 5.74) is 3.06. The highest BCUT2D eigenvalue weighted by Crippen LogP contribution is 2.77. The molecule has 9 atom stereocenters. The molecule has 1 aromatic carbocycles. The predicted octanol–water partition coefficient (Wildman–Crippen LogP) is 9.08. The molecule has 5 aliphatic carbocycles. The van der Waals surface area contributed by atoms with Crippen LogP contribution in [0.1, 0.15) is 105 Å². The molecule has 0 heterocycles. The summed E-state index contributed by atoms with van der Waals surface area (Å²) in [4.78, 5) is 27.5. The number of rotatable bonds is 3. The number of benzene rings is 1. The van der Waals surface area contributed by atoms with Gasteiger partial charge in [-0.05, 0) is 128 Å². The number of carbonyl (C=O) groups excluding carboxylic acids is 2. The van der Waals surface area contributed by atoms with Crippen molar-refractivity contribution in [2.45, 2.75) is 99.3 Å². The first-order chi connectivity index (χ1) is 19.3. The van der Waals surface area contributed by atoms with Crippen LogP contribution >= 0.6 is 0 Å². The Morgan fingerprint density at radius 3 is 2.27 bits per heavy atom. The summed E-state index contributed by atoms with van der Waals surface area (Å²) in [6, 6.07) is 10.4. The minimum absolute atomic E-state index is 0.0273. The van der Waals surface area contributed by atoms with Gasteiger partial charge in [-0.2, -0.15) is 0 Å². The van der Waals surface area contributed by atoms with Crippen LogP contribution in [0.3, 0.4) is 0 Å². The van der Waals surface area contributed by atoms with E-state index in [2.05, 4.69) is 78.5 Å². The van der Waals surface area contributed by atoms with Crippen molar-refractivity contribution in [2.24, 2.45) is 56.7 Å². The number of methoxy groups -OCH3 is 1. The van der Waals surface area contributed by atoms with Gasteiger partial charge in [-0.15, -0.1) is 0 Å². The summed E-state index contributed by atoms with van der Waals surface area (Å²) in [5.74, 6) is 2.55. The molecule has 1 aromatic rings. The zero-order valence-corrected chi connectivity index (χ0v) is 26.6. The first-order valence-electron chi connectivity index (χ1n) is 16.3. The second-order valence-electron chi connectivity index (χ2n) is 16.1. The van der Waals surface area contributed by atoms with E-state index in [0.29, 0.717) is 35.4 Å². The van der Waals surface area contributed by atoms with Gasteiger partial charge in [0.15, 0.2) is 5.78 Å². The molecule has 5 aliphatic rings. The van der Waals surface area contributed by atoms with Crippen LogP contribution in [-0.2, 0) is 14.3 Å². The van der Waals surface area contributed by atoms with Gasteiger partial charge in [0.2, 0.25) is 0 Å². The monoisotopic (exact) mass is 556 g/mol. The quantitative estimate of drug-likeness (QED) is 0.212. The lowest BCUT2D eigenvalue weighted by Gasteiger charge is -2.72. The lowest BCUT2D eigenvalue weighted by Crippen LogP contribution is -2.67. The fourth-order valence-corrected chi connectivity index (χ4v) is 12.4. The summed E-state index contributed by atoms with van der Waals surface area (Å²) in [5, 5.41) is 0. The highest BCUT2D eigenvalue weighted by molar-refractivity contribution is 6.04. The Kier molecular flexibility index (Phi) is 6.65. The molecule has 3 nitrogen and oxygen atoms in total. The lowest BCUT2D eigenvalue weighted by atomic mass is 9.32. The van der Waals surface area contributed by atoms with E-state index >= 15 is 0 Å². The highest BCUT2D eigenvalue weighted by atomic mass is 16.5. The molecular weight excluding hydrogens is 504 g/mol. The van der Waals surface area contributed by atoms with Gasteiger partial charge in [-0.25, -0.2) is 0 Å². The van der Waals surface area contributed by atoms with Crippen molar-refractivity contribution in [3.63, 3.8) is 0 Å². The zero-order chi connectivity index (χ0) is 29.6. The number of esters is 1. The Labute approximate surface area is 248 Å². The average Bonchev–Trinajstić information content (AvgIpc) is 3.33. The van der Waals surface area contributed by atoms with Crippen LogP contribution < -0.4 is 0 Å². The number of allylic oxidation sites excluding steroid dienone is 2. The largest absolute Gasteiger partial charge is 0.469 e. The van der Waals surface area contributed by atoms with Crippen LogP contribution in [0, 0.1) is 56.7 Å². The highest BCUT2D eigenvalue weighted by Gasteiger charge is 2.72.